The zero-order chi connectivity index (χ0) is 19.8. The maximum absolute atomic E-state index is 12.6. The highest BCUT2D eigenvalue weighted by Gasteiger charge is 2.41. The molecule has 7 nitrogen and oxygen atoms in total. The van der Waals surface area contributed by atoms with Crippen molar-refractivity contribution in [3.05, 3.63) is 21.9 Å². The molecule has 0 radical (unpaired) electrons. The summed E-state index contributed by atoms with van der Waals surface area (Å²) in [6.07, 6.45) is 2.40. The van der Waals surface area contributed by atoms with Crippen LogP contribution in [0.2, 0.25) is 0 Å². The average molecular weight is 419 g/mol. The Hall–Kier alpha value is -2.26. The fraction of sp³-hybridized carbons (Fsp3) is 0.474. The van der Waals surface area contributed by atoms with Crippen molar-refractivity contribution in [1.82, 2.24) is 15.2 Å². The predicted octanol–water partition coefficient (Wildman–Crippen LogP) is 2.77. The number of hydrogen-bond donors (Lipinski definition) is 2. The van der Waals surface area contributed by atoms with Crippen LogP contribution in [0.15, 0.2) is 12.1 Å². The summed E-state index contributed by atoms with van der Waals surface area (Å²) in [5.74, 6) is -0.402. The summed E-state index contributed by atoms with van der Waals surface area (Å²) in [4.78, 5) is 45.3. The minimum atomic E-state index is -0.299. The summed E-state index contributed by atoms with van der Waals surface area (Å²) in [5.41, 5.74) is 0.849. The molecule has 2 N–H and O–H groups in total. The van der Waals surface area contributed by atoms with E-state index in [0.29, 0.717) is 24.3 Å². The topological polar surface area (TPSA) is 91.4 Å². The summed E-state index contributed by atoms with van der Waals surface area (Å²) in [7, 11) is 0. The van der Waals surface area contributed by atoms with E-state index in [-0.39, 0.29) is 30.1 Å². The third-order valence-corrected chi connectivity index (χ3v) is 6.93. The summed E-state index contributed by atoms with van der Waals surface area (Å²) >= 11 is 3.02. The van der Waals surface area contributed by atoms with Gasteiger partial charge in [-0.3, -0.25) is 14.4 Å². The molecule has 148 valence electrons. The van der Waals surface area contributed by atoms with Crippen molar-refractivity contribution in [2.75, 3.05) is 11.9 Å². The molecule has 0 spiro atoms. The second-order valence-electron chi connectivity index (χ2n) is 7.27. The minimum Gasteiger partial charge on any atom is -0.351 e. The summed E-state index contributed by atoms with van der Waals surface area (Å²) in [6.45, 7) is 4.49. The fourth-order valence-corrected chi connectivity index (χ4v) is 5.23. The summed E-state index contributed by atoms with van der Waals surface area (Å²) in [5, 5.41) is 6.25. The van der Waals surface area contributed by atoms with Gasteiger partial charge in [0.1, 0.15) is 0 Å². The molecule has 1 aliphatic carbocycles. The SMILES string of the molecule is CC(=O)NCc1ccc(-c2nc(NC(=O)C3CC(=O)N(C4CC4)C3)sc2C)s1. The first-order chi connectivity index (χ1) is 13.4. The first-order valence-corrected chi connectivity index (χ1v) is 11.0. The lowest BCUT2D eigenvalue weighted by molar-refractivity contribution is -0.128. The normalized spacial score (nSPS) is 19.1. The number of aryl methyl sites for hydroxylation is 1. The molecule has 1 saturated heterocycles. The van der Waals surface area contributed by atoms with Crippen LogP contribution in [-0.2, 0) is 20.9 Å². The molecule has 1 saturated carbocycles. The molecule has 1 aliphatic heterocycles. The number of carbonyl (C=O) groups excluding carboxylic acids is 3. The average Bonchev–Trinajstić information content (AvgIpc) is 3.07. The van der Waals surface area contributed by atoms with E-state index in [0.717, 1.165) is 33.2 Å². The molecule has 2 aromatic rings. The van der Waals surface area contributed by atoms with E-state index in [1.54, 1.807) is 11.3 Å². The van der Waals surface area contributed by atoms with Gasteiger partial charge in [-0.15, -0.1) is 22.7 Å². The van der Waals surface area contributed by atoms with Gasteiger partial charge in [0.15, 0.2) is 5.13 Å². The van der Waals surface area contributed by atoms with E-state index in [1.807, 2.05) is 24.0 Å². The Morgan fingerprint density at radius 2 is 2.07 bits per heavy atom. The minimum absolute atomic E-state index is 0.0598. The number of thiazole rings is 1. The number of aromatic nitrogens is 1. The van der Waals surface area contributed by atoms with Crippen molar-refractivity contribution in [3.8, 4) is 10.6 Å². The molecule has 0 aromatic carbocycles. The third-order valence-electron chi connectivity index (χ3n) is 4.95. The van der Waals surface area contributed by atoms with Gasteiger partial charge in [0.2, 0.25) is 17.7 Å². The van der Waals surface area contributed by atoms with E-state index in [2.05, 4.69) is 15.6 Å². The van der Waals surface area contributed by atoms with Crippen LogP contribution in [0.1, 0.15) is 35.9 Å². The number of likely N-dealkylation sites (tertiary alicyclic amines) is 1. The Bertz CT molecular complexity index is 932. The van der Waals surface area contributed by atoms with Crippen LogP contribution < -0.4 is 10.6 Å². The molecular formula is C19H22N4O3S2. The molecule has 3 amide bonds. The van der Waals surface area contributed by atoms with Crippen molar-refractivity contribution in [1.29, 1.82) is 0 Å². The molecule has 2 aliphatic rings. The Morgan fingerprint density at radius 1 is 1.29 bits per heavy atom. The molecule has 1 unspecified atom stereocenters. The smallest absolute Gasteiger partial charge is 0.231 e. The fourth-order valence-electron chi connectivity index (χ4n) is 3.34. The van der Waals surface area contributed by atoms with Gasteiger partial charge >= 0.3 is 0 Å². The van der Waals surface area contributed by atoms with E-state index >= 15 is 0 Å². The number of anilines is 1. The number of nitrogens with one attached hydrogen (secondary N) is 2. The van der Waals surface area contributed by atoms with Gasteiger partial charge in [0.25, 0.3) is 0 Å². The van der Waals surface area contributed by atoms with Gasteiger partial charge in [-0.1, -0.05) is 0 Å². The Balaban J connectivity index is 1.41. The molecule has 4 rings (SSSR count). The van der Waals surface area contributed by atoms with Crippen LogP contribution >= 0.6 is 22.7 Å². The molecule has 1 atom stereocenters. The second-order valence-corrected chi connectivity index (χ2v) is 9.64. The van der Waals surface area contributed by atoms with Crippen LogP contribution in [-0.4, -0.2) is 40.2 Å². The molecule has 2 fully saturated rings. The lowest BCUT2D eigenvalue weighted by Gasteiger charge is -2.14. The maximum Gasteiger partial charge on any atom is 0.231 e. The van der Waals surface area contributed by atoms with Gasteiger partial charge in [0, 0.05) is 35.7 Å². The van der Waals surface area contributed by atoms with Crippen LogP contribution in [0.25, 0.3) is 10.6 Å². The standard InChI is InChI=1S/C19H22N4O3S2/c1-10-17(15-6-5-14(28-15)8-20-11(2)24)21-19(27-10)22-18(26)12-7-16(25)23(9-12)13-3-4-13/h5-6,12-13H,3-4,7-9H2,1-2H3,(H,20,24)(H,21,22,26). The lowest BCUT2D eigenvalue weighted by atomic mass is 10.1. The second kappa shape index (κ2) is 7.63. The van der Waals surface area contributed by atoms with Gasteiger partial charge in [-0.25, -0.2) is 4.98 Å². The molecule has 9 heteroatoms. The van der Waals surface area contributed by atoms with E-state index < -0.39 is 0 Å². The van der Waals surface area contributed by atoms with E-state index in [1.165, 1.54) is 18.3 Å². The van der Waals surface area contributed by atoms with Gasteiger partial charge < -0.3 is 15.5 Å². The predicted molar refractivity (Wildman–Crippen MR) is 109 cm³/mol. The van der Waals surface area contributed by atoms with Gasteiger partial charge in [0.05, 0.1) is 23.0 Å². The first kappa shape index (κ1) is 19.1. The number of thiophene rings is 1. The van der Waals surface area contributed by atoms with Crippen molar-refractivity contribution >= 4 is 45.5 Å². The zero-order valence-electron chi connectivity index (χ0n) is 15.8. The number of hydrogen-bond acceptors (Lipinski definition) is 6. The number of amides is 3. The monoisotopic (exact) mass is 418 g/mol. The van der Waals surface area contributed by atoms with Crippen molar-refractivity contribution in [2.24, 2.45) is 5.92 Å². The zero-order valence-corrected chi connectivity index (χ0v) is 17.4. The van der Waals surface area contributed by atoms with Crippen LogP contribution in [0.5, 0.6) is 0 Å². The molecule has 2 aromatic heterocycles. The van der Waals surface area contributed by atoms with Gasteiger partial charge in [-0.2, -0.15) is 0 Å². The first-order valence-electron chi connectivity index (χ1n) is 9.32. The number of rotatable bonds is 6. The molecule has 28 heavy (non-hydrogen) atoms. The Kier molecular flexibility index (Phi) is 5.20. The summed E-state index contributed by atoms with van der Waals surface area (Å²) < 4.78 is 0. The Labute approximate surface area is 171 Å². The van der Waals surface area contributed by atoms with Crippen LogP contribution in [0.4, 0.5) is 5.13 Å². The largest absolute Gasteiger partial charge is 0.351 e. The summed E-state index contributed by atoms with van der Waals surface area (Å²) in [6, 6.07) is 4.31. The van der Waals surface area contributed by atoms with E-state index in [9.17, 15) is 14.4 Å². The maximum atomic E-state index is 12.6. The quantitative estimate of drug-likeness (QED) is 0.755. The van der Waals surface area contributed by atoms with Crippen molar-refractivity contribution in [3.63, 3.8) is 0 Å². The Morgan fingerprint density at radius 3 is 2.79 bits per heavy atom. The highest BCUT2D eigenvalue weighted by atomic mass is 32.1. The van der Waals surface area contributed by atoms with Crippen molar-refractivity contribution < 1.29 is 14.4 Å². The van der Waals surface area contributed by atoms with E-state index in [4.69, 9.17) is 0 Å². The molecular weight excluding hydrogens is 396 g/mol. The molecule has 3 heterocycles. The highest BCUT2D eigenvalue weighted by molar-refractivity contribution is 7.18. The number of nitrogens with zero attached hydrogens (tertiary/aromatic N) is 2. The number of carbonyl (C=O) groups is 3. The van der Waals surface area contributed by atoms with Gasteiger partial charge in [-0.05, 0) is 31.9 Å². The van der Waals surface area contributed by atoms with Crippen molar-refractivity contribution in [2.45, 2.75) is 45.7 Å². The lowest BCUT2D eigenvalue weighted by Crippen LogP contribution is -2.29. The van der Waals surface area contributed by atoms with Crippen LogP contribution in [0, 0.1) is 12.8 Å². The highest BCUT2D eigenvalue weighted by Crippen LogP contribution is 2.36. The molecule has 0 bridgehead atoms. The van der Waals surface area contributed by atoms with Crippen LogP contribution in [0.3, 0.4) is 0 Å². The third kappa shape index (κ3) is 4.10.